The second kappa shape index (κ2) is 7.27. The molecule has 0 saturated carbocycles. The first-order chi connectivity index (χ1) is 9.19. The normalized spacial score (nSPS) is 19.9. The van der Waals surface area contributed by atoms with Crippen molar-refractivity contribution in [3.63, 3.8) is 0 Å². The molecule has 1 amide bonds. The van der Waals surface area contributed by atoms with Crippen LogP contribution in [0.3, 0.4) is 0 Å². The van der Waals surface area contributed by atoms with E-state index in [4.69, 9.17) is 4.74 Å². The predicted octanol–water partition coefficient (Wildman–Crippen LogP) is 1.78. The van der Waals surface area contributed by atoms with E-state index < -0.39 is 5.60 Å². The number of piperazine rings is 1. The van der Waals surface area contributed by atoms with Crippen LogP contribution in [0.25, 0.3) is 0 Å². The lowest BCUT2D eigenvalue weighted by molar-refractivity contribution is 0.0465. The molecule has 0 unspecified atom stereocenters. The highest BCUT2D eigenvalue weighted by Gasteiger charge is 2.26. The molecule has 1 N–H and O–H groups in total. The molecule has 0 bridgehead atoms. The van der Waals surface area contributed by atoms with E-state index in [2.05, 4.69) is 36.0 Å². The zero-order valence-electron chi connectivity index (χ0n) is 13.9. The minimum Gasteiger partial charge on any atom is -0.444 e. The van der Waals surface area contributed by atoms with Gasteiger partial charge in [0.2, 0.25) is 0 Å². The Hall–Kier alpha value is -0.810. The zero-order chi connectivity index (χ0) is 15.3. The van der Waals surface area contributed by atoms with Crippen LogP contribution in [0.1, 0.15) is 34.6 Å². The number of alkyl carbamates (subject to hydrolysis) is 1. The lowest BCUT2D eigenvalue weighted by atomic mass is 10.0. The molecule has 0 aliphatic carbocycles. The first-order valence-electron chi connectivity index (χ1n) is 7.58. The van der Waals surface area contributed by atoms with E-state index in [9.17, 15) is 4.79 Å². The standard InChI is InChI=1S/C15H31N3O2/c1-12(2)13(18-9-7-17(6)8-10-18)11-16-14(19)20-15(3,4)5/h12-13H,7-11H2,1-6H3,(H,16,19)/t13-/m1/s1. The number of nitrogens with zero attached hydrogens (tertiary/aromatic N) is 2. The summed E-state index contributed by atoms with van der Waals surface area (Å²) in [5.41, 5.74) is -0.439. The number of ether oxygens (including phenoxy) is 1. The maximum absolute atomic E-state index is 11.8. The number of rotatable bonds is 4. The van der Waals surface area contributed by atoms with Gasteiger partial charge in [-0.25, -0.2) is 4.79 Å². The first kappa shape index (κ1) is 17.2. The van der Waals surface area contributed by atoms with Gasteiger partial charge >= 0.3 is 6.09 Å². The van der Waals surface area contributed by atoms with Crippen molar-refractivity contribution in [1.29, 1.82) is 0 Å². The number of nitrogens with one attached hydrogen (secondary N) is 1. The molecule has 1 aliphatic heterocycles. The van der Waals surface area contributed by atoms with E-state index >= 15 is 0 Å². The highest BCUT2D eigenvalue weighted by atomic mass is 16.6. The zero-order valence-corrected chi connectivity index (χ0v) is 13.9. The van der Waals surface area contributed by atoms with Crippen molar-refractivity contribution in [3.05, 3.63) is 0 Å². The van der Waals surface area contributed by atoms with Gasteiger partial charge in [0, 0.05) is 38.8 Å². The number of carbonyl (C=O) groups is 1. The average Bonchev–Trinajstić information content (AvgIpc) is 2.29. The molecule has 0 aromatic carbocycles. The summed E-state index contributed by atoms with van der Waals surface area (Å²) in [4.78, 5) is 16.6. The third-order valence-corrected chi connectivity index (χ3v) is 3.63. The molecule has 1 fully saturated rings. The summed E-state index contributed by atoms with van der Waals surface area (Å²) in [7, 11) is 2.15. The Balaban J connectivity index is 2.45. The summed E-state index contributed by atoms with van der Waals surface area (Å²) in [5, 5.41) is 2.91. The average molecular weight is 285 g/mol. The van der Waals surface area contributed by atoms with Crippen LogP contribution in [0.2, 0.25) is 0 Å². The van der Waals surface area contributed by atoms with Crippen LogP contribution in [-0.2, 0) is 4.74 Å². The van der Waals surface area contributed by atoms with E-state index in [0.717, 1.165) is 26.2 Å². The lowest BCUT2D eigenvalue weighted by Gasteiger charge is -2.39. The predicted molar refractivity (Wildman–Crippen MR) is 81.9 cm³/mol. The summed E-state index contributed by atoms with van der Waals surface area (Å²) in [6.45, 7) is 15.0. The molecular weight excluding hydrogens is 254 g/mol. The van der Waals surface area contributed by atoms with Crippen LogP contribution in [0.15, 0.2) is 0 Å². The molecular formula is C15H31N3O2. The Morgan fingerprint density at radius 3 is 2.20 bits per heavy atom. The van der Waals surface area contributed by atoms with Gasteiger partial charge < -0.3 is 15.0 Å². The maximum Gasteiger partial charge on any atom is 0.407 e. The molecule has 0 spiro atoms. The van der Waals surface area contributed by atoms with Crippen LogP contribution in [0, 0.1) is 5.92 Å². The monoisotopic (exact) mass is 285 g/mol. The van der Waals surface area contributed by atoms with Crippen molar-refractivity contribution in [3.8, 4) is 0 Å². The number of carbonyl (C=O) groups excluding carboxylic acids is 1. The second-order valence-corrected chi connectivity index (χ2v) is 7.03. The fourth-order valence-corrected chi connectivity index (χ4v) is 2.44. The smallest absolute Gasteiger partial charge is 0.407 e. The molecule has 1 heterocycles. The van der Waals surface area contributed by atoms with E-state index in [0.29, 0.717) is 18.5 Å². The van der Waals surface area contributed by atoms with Crippen molar-refractivity contribution in [1.82, 2.24) is 15.1 Å². The fraction of sp³-hybridized carbons (Fsp3) is 0.933. The van der Waals surface area contributed by atoms with Crippen LogP contribution in [-0.4, -0.2) is 67.3 Å². The van der Waals surface area contributed by atoms with Gasteiger partial charge in [-0.1, -0.05) is 13.8 Å². The van der Waals surface area contributed by atoms with Crippen LogP contribution < -0.4 is 5.32 Å². The van der Waals surface area contributed by atoms with Gasteiger partial charge in [-0.2, -0.15) is 0 Å². The molecule has 1 atom stereocenters. The van der Waals surface area contributed by atoms with E-state index in [1.807, 2.05) is 20.8 Å². The molecule has 1 rings (SSSR count). The van der Waals surface area contributed by atoms with Crippen molar-refractivity contribution in [2.75, 3.05) is 39.8 Å². The van der Waals surface area contributed by atoms with Crippen molar-refractivity contribution in [2.24, 2.45) is 5.92 Å². The van der Waals surface area contributed by atoms with Crippen LogP contribution in [0.4, 0.5) is 4.79 Å². The molecule has 0 radical (unpaired) electrons. The molecule has 20 heavy (non-hydrogen) atoms. The molecule has 5 nitrogen and oxygen atoms in total. The van der Waals surface area contributed by atoms with Crippen molar-refractivity contribution < 1.29 is 9.53 Å². The largest absolute Gasteiger partial charge is 0.444 e. The minimum atomic E-state index is -0.439. The Kier molecular flexibility index (Phi) is 6.27. The minimum absolute atomic E-state index is 0.322. The third kappa shape index (κ3) is 6.09. The fourth-order valence-electron chi connectivity index (χ4n) is 2.44. The Morgan fingerprint density at radius 1 is 1.20 bits per heavy atom. The van der Waals surface area contributed by atoms with E-state index in [-0.39, 0.29) is 6.09 Å². The summed E-state index contributed by atoms with van der Waals surface area (Å²) in [6, 6.07) is 0.371. The molecule has 118 valence electrons. The molecule has 1 saturated heterocycles. The number of likely N-dealkylation sites (N-methyl/N-ethyl adjacent to an activating group) is 1. The molecule has 5 heteroatoms. The van der Waals surface area contributed by atoms with Gasteiger partial charge in [0.15, 0.2) is 0 Å². The Labute approximate surface area is 123 Å². The van der Waals surface area contributed by atoms with Gasteiger partial charge in [0.1, 0.15) is 5.60 Å². The number of amides is 1. The quantitative estimate of drug-likeness (QED) is 0.855. The topological polar surface area (TPSA) is 44.8 Å². The highest BCUT2D eigenvalue weighted by Crippen LogP contribution is 2.13. The van der Waals surface area contributed by atoms with Gasteiger partial charge in [-0.3, -0.25) is 4.90 Å². The molecule has 0 aromatic heterocycles. The van der Waals surface area contributed by atoms with Gasteiger partial charge in [0.05, 0.1) is 0 Å². The van der Waals surface area contributed by atoms with Crippen LogP contribution >= 0.6 is 0 Å². The molecule has 1 aliphatic rings. The van der Waals surface area contributed by atoms with Crippen LogP contribution in [0.5, 0.6) is 0 Å². The Bertz CT molecular complexity index is 305. The first-order valence-corrected chi connectivity index (χ1v) is 7.58. The van der Waals surface area contributed by atoms with Gasteiger partial charge in [0.25, 0.3) is 0 Å². The van der Waals surface area contributed by atoms with E-state index in [1.54, 1.807) is 0 Å². The van der Waals surface area contributed by atoms with Gasteiger partial charge in [-0.05, 0) is 33.7 Å². The SMILES string of the molecule is CC(C)[C@@H](CNC(=O)OC(C)(C)C)N1CCN(C)CC1. The Morgan fingerprint density at radius 2 is 1.75 bits per heavy atom. The lowest BCUT2D eigenvalue weighted by Crippen LogP contribution is -2.54. The third-order valence-electron chi connectivity index (χ3n) is 3.63. The summed E-state index contributed by atoms with van der Waals surface area (Å²) >= 11 is 0. The number of hydrogen-bond acceptors (Lipinski definition) is 4. The summed E-state index contributed by atoms with van der Waals surface area (Å²) in [6.07, 6.45) is -0.322. The summed E-state index contributed by atoms with van der Waals surface area (Å²) in [5.74, 6) is 0.508. The highest BCUT2D eigenvalue weighted by molar-refractivity contribution is 5.67. The van der Waals surface area contributed by atoms with Gasteiger partial charge in [-0.15, -0.1) is 0 Å². The maximum atomic E-state index is 11.8. The van der Waals surface area contributed by atoms with Crippen molar-refractivity contribution >= 4 is 6.09 Å². The molecule has 0 aromatic rings. The van der Waals surface area contributed by atoms with Crippen molar-refractivity contribution in [2.45, 2.75) is 46.3 Å². The number of hydrogen-bond donors (Lipinski definition) is 1. The van der Waals surface area contributed by atoms with E-state index in [1.165, 1.54) is 0 Å². The summed E-state index contributed by atoms with van der Waals surface area (Å²) < 4.78 is 5.30. The second-order valence-electron chi connectivity index (χ2n) is 7.03.